The summed E-state index contributed by atoms with van der Waals surface area (Å²) in [6.07, 6.45) is 2.95. The quantitative estimate of drug-likeness (QED) is 0.829. The second-order valence-corrected chi connectivity index (χ2v) is 5.57. The molecule has 1 N–H and O–H groups in total. The zero-order valence-corrected chi connectivity index (χ0v) is 12.1. The number of benzene rings is 1. The van der Waals surface area contributed by atoms with Crippen molar-refractivity contribution >= 4 is 0 Å². The van der Waals surface area contributed by atoms with Gasteiger partial charge in [0.25, 0.3) is 0 Å². The van der Waals surface area contributed by atoms with Crippen molar-refractivity contribution in [2.75, 3.05) is 26.2 Å². The number of hydrogen-bond donors (Lipinski definition) is 1. The predicted octanol–water partition coefficient (Wildman–Crippen LogP) is 2.53. The Bertz CT molecular complexity index is 406. The number of hydrogen-bond acceptors (Lipinski definition) is 3. The second kappa shape index (κ2) is 6.92. The molecule has 1 unspecified atom stereocenters. The van der Waals surface area contributed by atoms with Crippen LogP contribution < -0.4 is 4.74 Å². The van der Waals surface area contributed by atoms with E-state index in [0.717, 1.165) is 51.3 Å². The first-order valence-corrected chi connectivity index (χ1v) is 7.25. The van der Waals surface area contributed by atoms with Crippen LogP contribution in [0.1, 0.15) is 30.4 Å². The number of ether oxygens (including phenoxy) is 1. The Morgan fingerprint density at radius 1 is 1.37 bits per heavy atom. The third-order valence-corrected chi connectivity index (χ3v) is 3.70. The van der Waals surface area contributed by atoms with Crippen LogP contribution in [-0.4, -0.2) is 42.4 Å². The van der Waals surface area contributed by atoms with E-state index in [0.29, 0.717) is 0 Å². The second-order valence-electron chi connectivity index (χ2n) is 5.57. The van der Waals surface area contributed by atoms with Crippen LogP contribution in [0.25, 0.3) is 0 Å². The Hall–Kier alpha value is -1.06. The summed E-state index contributed by atoms with van der Waals surface area (Å²) in [5.41, 5.74) is 2.43. The molecule has 19 heavy (non-hydrogen) atoms. The third kappa shape index (κ3) is 4.51. The van der Waals surface area contributed by atoms with Crippen LogP contribution in [0.3, 0.4) is 0 Å². The molecule has 1 aromatic carbocycles. The molecule has 1 heterocycles. The standard InChI is InChI=1S/C16H25NO2/c1-13-6-7-14(2)16(11-13)19-10-4-9-17-8-3-5-15(18)12-17/h6-7,11,15,18H,3-5,8-10,12H2,1-2H3. The molecule has 0 spiro atoms. The van der Waals surface area contributed by atoms with E-state index in [9.17, 15) is 5.11 Å². The maximum absolute atomic E-state index is 9.61. The van der Waals surface area contributed by atoms with Gasteiger partial charge in [0.2, 0.25) is 0 Å². The summed E-state index contributed by atoms with van der Waals surface area (Å²) in [6.45, 7) is 7.86. The summed E-state index contributed by atoms with van der Waals surface area (Å²) in [6, 6.07) is 6.31. The normalized spacial score (nSPS) is 20.5. The molecule has 1 aliphatic heterocycles. The van der Waals surface area contributed by atoms with E-state index in [4.69, 9.17) is 4.74 Å². The monoisotopic (exact) mass is 263 g/mol. The van der Waals surface area contributed by atoms with Crippen LogP contribution in [0.4, 0.5) is 0 Å². The van der Waals surface area contributed by atoms with E-state index in [1.807, 2.05) is 0 Å². The molecule has 1 fully saturated rings. The van der Waals surface area contributed by atoms with Crippen LogP contribution in [-0.2, 0) is 0 Å². The molecule has 1 aromatic rings. The van der Waals surface area contributed by atoms with Gasteiger partial charge >= 0.3 is 0 Å². The van der Waals surface area contributed by atoms with Gasteiger partial charge in [0.05, 0.1) is 12.7 Å². The van der Waals surface area contributed by atoms with Crippen molar-refractivity contribution in [3.8, 4) is 5.75 Å². The van der Waals surface area contributed by atoms with Crippen molar-refractivity contribution in [1.82, 2.24) is 4.90 Å². The Kier molecular flexibility index (Phi) is 5.23. The van der Waals surface area contributed by atoms with E-state index in [1.54, 1.807) is 0 Å². The average Bonchev–Trinajstić information content (AvgIpc) is 2.39. The maximum atomic E-state index is 9.61. The van der Waals surface area contributed by atoms with Gasteiger partial charge in [-0.05, 0) is 56.8 Å². The first-order chi connectivity index (χ1) is 9.15. The smallest absolute Gasteiger partial charge is 0.122 e. The zero-order chi connectivity index (χ0) is 13.7. The minimum atomic E-state index is -0.131. The first-order valence-electron chi connectivity index (χ1n) is 7.25. The number of piperidine rings is 1. The first kappa shape index (κ1) is 14.4. The molecule has 2 rings (SSSR count). The molecule has 3 nitrogen and oxygen atoms in total. The van der Waals surface area contributed by atoms with Gasteiger partial charge in [-0.3, -0.25) is 0 Å². The SMILES string of the molecule is Cc1ccc(C)c(OCCCN2CCCC(O)C2)c1. The summed E-state index contributed by atoms with van der Waals surface area (Å²) in [7, 11) is 0. The lowest BCUT2D eigenvalue weighted by Crippen LogP contribution is -2.39. The van der Waals surface area contributed by atoms with E-state index >= 15 is 0 Å². The van der Waals surface area contributed by atoms with E-state index in [1.165, 1.54) is 11.1 Å². The van der Waals surface area contributed by atoms with Crippen molar-refractivity contribution < 1.29 is 9.84 Å². The van der Waals surface area contributed by atoms with Crippen LogP contribution in [0, 0.1) is 13.8 Å². The molecule has 1 atom stereocenters. The van der Waals surface area contributed by atoms with E-state index in [2.05, 4.69) is 36.9 Å². The number of aryl methyl sites for hydroxylation is 2. The van der Waals surface area contributed by atoms with Crippen LogP contribution in [0.2, 0.25) is 0 Å². The Morgan fingerprint density at radius 3 is 3.00 bits per heavy atom. The highest BCUT2D eigenvalue weighted by molar-refractivity contribution is 5.35. The number of β-amino-alcohol motifs (C(OH)–C–C–N with tert-alkyl or cyclic N) is 1. The van der Waals surface area contributed by atoms with Gasteiger partial charge < -0.3 is 14.7 Å². The molecule has 0 saturated carbocycles. The molecule has 106 valence electrons. The van der Waals surface area contributed by atoms with Crippen LogP contribution >= 0.6 is 0 Å². The lowest BCUT2D eigenvalue weighted by molar-refractivity contribution is 0.0678. The lowest BCUT2D eigenvalue weighted by atomic mass is 10.1. The topological polar surface area (TPSA) is 32.7 Å². The zero-order valence-electron chi connectivity index (χ0n) is 12.1. The van der Waals surface area contributed by atoms with Gasteiger partial charge in [0.15, 0.2) is 0 Å². The van der Waals surface area contributed by atoms with Gasteiger partial charge in [0, 0.05) is 13.1 Å². The maximum Gasteiger partial charge on any atom is 0.122 e. The highest BCUT2D eigenvalue weighted by atomic mass is 16.5. The highest BCUT2D eigenvalue weighted by Crippen LogP contribution is 2.19. The minimum absolute atomic E-state index is 0.131. The van der Waals surface area contributed by atoms with Gasteiger partial charge in [-0.1, -0.05) is 12.1 Å². The Labute approximate surface area is 116 Å². The Morgan fingerprint density at radius 2 is 2.21 bits per heavy atom. The molecule has 1 aliphatic rings. The molecular formula is C16H25NO2. The largest absolute Gasteiger partial charge is 0.493 e. The van der Waals surface area contributed by atoms with E-state index in [-0.39, 0.29) is 6.10 Å². The molecule has 0 amide bonds. The van der Waals surface area contributed by atoms with Gasteiger partial charge in [-0.25, -0.2) is 0 Å². The number of aliphatic hydroxyl groups is 1. The molecule has 0 bridgehead atoms. The fraction of sp³-hybridized carbons (Fsp3) is 0.625. The summed E-state index contributed by atoms with van der Waals surface area (Å²) in [5.74, 6) is 0.999. The van der Waals surface area contributed by atoms with E-state index < -0.39 is 0 Å². The van der Waals surface area contributed by atoms with Gasteiger partial charge in [-0.2, -0.15) is 0 Å². The van der Waals surface area contributed by atoms with Crippen LogP contribution in [0.5, 0.6) is 5.75 Å². The number of rotatable bonds is 5. The van der Waals surface area contributed by atoms with Crippen molar-refractivity contribution in [3.63, 3.8) is 0 Å². The minimum Gasteiger partial charge on any atom is -0.493 e. The highest BCUT2D eigenvalue weighted by Gasteiger charge is 2.16. The molecule has 3 heteroatoms. The summed E-state index contributed by atoms with van der Waals surface area (Å²) in [4.78, 5) is 2.33. The molecule has 1 saturated heterocycles. The van der Waals surface area contributed by atoms with Gasteiger partial charge in [-0.15, -0.1) is 0 Å². The van der Waals surface area contributed by atoms with Crippen molar-refractivity contribution in [1.29, 1.82) is 0 Å². The fourth-order valence-corrected chi connectivity index (χ4v) is 2.57. The number of aliphatic hydroxyl groups excluding tert-OH is 1. The average molecular weight is 263 g/mol. The summed E-state index contributed by atoms with van der Waals surface area (Å²) in [5, 5.41) is 9.61. The summed E-state index contributed by atoms with van der Waals surface area (Å²) >= 11 is 0. The molecule has 0 aromatic heterocycles. The molecule has 0 radical (unpaired) electrons. The molecule has 0 aliphatic carbocycles. The predicted molar refractivity (Wildman–Crippen MR) is 77.7 cm³/mol. The lowest BCUT2D eigenvalue weighted by Gasteiger charge is -2.29. The molecular weight excluding hydrogens is 238 g/mol. The van der Waals surface area contributed by atoms with Crippen molar-refractivity contribution in [3.05, 3.63) is 29.3 Å². The van der Waals surface area contributed by atoms with Crippen molar-refractivity contribution in [2.45, 2.75) is 39.2 Å². The number of likely N-dealkylation sites (tertiary alicyclic amines) is 1. The number of nitrogens with zero attached hydrogens (tertiary/aromatic N) is 1. The third-order valence-electron chi connectivity index (χ3n) is 3.70. The Balaban J connectivity index is 1.70. The summed E-state index contributed by atoms with van der Waals surface area (Å²) < 4.78 is 5.85. The van der Waals surface area contributed by atoms with Crippen LogP contribution in [0.15, 0.2) is 18.2 Å². The fourth-order valence-electron chi connectivity index (χ4n) is 2.57. The van der Waals surface area contributed by atoms with Crippen molar-refractivity contribution in [2.24, 2.45) is 0 Å². The van der Waals surface area contributed by atoms with Gasteiger partial charge in [0.1, 0.15) is 5.75 Å².